The Morgan fingerprint density at radius 3 is 2.40 bits per heavy atom. The maximum absolute atomic E-state index is 12.8. The number of carbonyl (C=O) groups is 2. The lowest BCUT2D eigenvalue weighted by atomic mass is 9.73. The minimum absolute atomic E-state index is 0.0815. The van der Waals surface area contributed by atoms with Crippen molar-refractivity contribution in [3.63, 3.8) is 0 Å². The number of hydrogen-bond donors (Lipinski definition) is 1. The van der Waals surface area contributed by atoms with Gasteiger partial charge in [-0.15, -0.1) is 11.3 Å². The summed E-state index contributed by atoms with van der Waals surface area (Å²) in [5.41, 5.74) is -0.118. The van der Waals surface area contributed by atoms with E-state index in [1.807, 2.05) is 43.3 Å². The maximum atomic E-state index is 12.8. The van der Waals surface area contributed by atoms with Gasteiger partial charge in [-0.3, -0.25) is 9.59 Å². The van der Waals surface area contributed by atoms with E-state index in [1.165, 1.54) is 11.3 Å². The molecule has 0 aliphatic carbocycles. The van der Waals surface area contributed by atoms with Gasteiger partial charge in [-0.05, 0) is 31.4 Å². The van der Waals surface area contributed by atoms with E-state index in [-0.39, 0.29) is 5.91 Å². The summed E-state index contributed by atoms with van der Waals surface area (Å²) in [7, 11) is 1.55. The van der Waals surface area contributed by atoms with Crippen LogP contribution in [0.3, 0.4) is 0 Å². The number of benzene rings is 1. The highest BCUT2D eigenvalue weighted by molar-refractivity contribution is 7.14. The Labute approximate surface area is 150 Å². The number of carboxylic acid groups (broad SMARTS) is 1. The quantitative estimate of drug-likeness (QED) is 0.909. The second kappa shape index (κ2) is 6.88. The first-order valence-corrected chi connectivity index (χ1v) is 9.02. The summed E-state index contributed by atoms with van der Waals surface area (Å²) in [6.45, 7) is 2.77. The molecule has 1 N–H and O–H groups in total. The topological polar surface area (TPSA) is 66.8 Å². The first kappa shape index (κ1) is 17.5. The van der Waals surface area contributed by atoms with Gasteiger partial charge in [0.15, 0.2) is 0 Å². The fourth-order valence-corrected chi connectivity index (χ4v) is 4.36. The number of amides is 1. The van der Waals surface area contributed by atoms with Crippen molar-refractivity contribution in [1.82, 2.24) is 4.90 Å². The lowest BCUT2D eigenvalue weighted by Gasteiger charge is -2.39. The Hall–Kier alpha value is -2.34. The molecule has 132 valence electrons. The number of aryl methyl sites for hydroxylation is 1. The fourth-order valence-electron chi connectivity index (χ4n) is 3.41. The van der Waals surface area contributed by atoms with E-state index in [1.54, 1.807) is 12.0 Å². The number of piperidine rings is 1. The van der Waals surface area contributed by atoms with Gasteiger partial charge in [0, 0.05) is 18.0 Å². The minimum Gasteiger partial charge on any atom is -0.495 e. The molecular weight excluding hydrogens is 338 g/mol. The molecule has 0 unspecified atom stereocenters. The average molecular weight is 359 g/mol. The third kappa shape index (κ3) is 3.14. The number of aliphatic carboxylic acids is 1. The van der Waals surface area contributed by atoms with Gasteiger partial charge in [0.2, 0.25) is 0 Å². The molecule has 1 aliphatic heterocycles. The van der Waals surface area contributed by atoms with Crippen molar-refractivity contribution >= 4 is 23.2 Å². The highest BCUT2D eigenvalue weighted by Crippen LogP contribution is 2.37. The Bertz CT molecular complexity index is 776. The van der Waals surface area contributed by atoms with Crippen LogP contribution in [0.15, 0.2) is 36.4 Å². The molecule has 25 heavy (non-hydrogen) atoms. The highest BCUT2D eigenvalue weighted by atomic mass is 32.1. The molecule has 2 aromatic rings. The smallest absolute Gasteiger partial charge is 0.314 e. The van der Waals surface area contributed by atoms with Crippen LogP contribution in [0, 0.1) is 6.92 Å². The SMILES string of the molecule is COc1cc(C)sc1C(=O)N1CCC(C(=O)O)(c2ccccc2)CC1. The Morgan fingerprint density at radius 1 is 1.20 bits per heavy atom. The molecule has 1 aliphatic rings. The second-order valence-corrected chi connectivity index (χ2v) is 7.56. The van der Waals surface area contributed by atoms with Gasteiger partial charge >= 0.3 is 5.97 Å². The van der Waals surface area contributed by atoms with Gasteiger partial charge in [-0.1, -0.05) is 30.3 Å². The van der Waals surface area contributed by atoms with E-state index in [4.69, 9.17) is 4.74 Å². The lowest BCUT2D eigenvalue weighted by molar-refractivity contribution is -0.145. The number of carboxylic acids is 1. The number of nitrogens with zero attached hydrogens (tertiary/aromatic N) is 1. The van der Waals surface area contributed by atoms with Crippen LogP contribution in [0.25, 0.3) is 0 Å². The zero-order chi connectivity index (χ0) is 18.0. The van der Waals surface area contributed by atoms with Crippen molar-refractivity contribution in [1.29, 1.82) is 0 Å². The molecule has 1 aromatic carbocycles. The maximum Gasteiger partial charge on any atom is 0.314 e. The molecule has 1 saturated heterocycles. The molecule has 1 amide bonds. The normalized spacial score (nSPS) is 16.5. The number of ether oxygens (including phenoxy) is 1. The van der Waals surface area contributed by atoms with Crippen LogP contribution in [0.5, 0.6) is 5.75 Å². The molecule has 5 nitrogen and oxygen atoms in total. The van der Waals surface area contributed by atoms with E-state index in [0.717, 1.165) is 10.4 Å². The Morgan fingerprint density at radius 2 is 1.84 bits per heavy atom. The van der Waals surface area contributed by atoms with E-state index >= 15 is 0 Å². The van der Waals surface area contributed by atoms with Crippen molar-refractivity contribution in [2.24, 2.45) is 0 Å². The molecule has 3 rings (SSSR count). The molecule has 6 heteroatoms. The van der Waals surface area contributed by atoms with Crippen molar-refractivity contribution in [2.75, 3.05) is 20.2 Å². The first-order valence-electron chi connectivity index (χ1n) is 8.20. The predicted molar refractivity (Wildman–Crippen MR) is 96.5 cm³/mol. The number of rotatable bonds is 4. The summed E-state index contributed by atoms with van der Waals surface area (Å²) in [5, 5.41) is 9.85. The third-order valence-electron chi connectivity index (χ3n) is 4.88. The minimum atomic E-state index is -0.923. The van der Waals surface area contributed by atoms with Gasteiger partial charge in [0.1, 0.15) is 10.6 Å². The van der Waals surface area contributed by atoms with Gasteiger partial charge in [-0.25, -0.2) is 0 Å². The van der Waals surface area contributed by atoms with E-state index < -0.39 is 11.4 Å². The summed E-state index contributed by atoms with van der Waals surface area (Å²) in [6.07, 6.45) is 0.815. The molecule has 0 saturated carbocycles. The summed E-state index contributed by atoms with van der Waals surface area (Å²) < 4.78 is 5.30. The largest absolute Gasteiger partial charge is 0.495 e. The first-order chi connectivity index (χ1) is 12.0. The molecule has 2 heterocycles. The van der Waals surface area contributed by atoms with Crippen molar-refractivity contribution < 1.29 is 19.4 Å². The highest BCUT2D eigenvalue weighted by Gasteiger charge is 2.44. The van der Waals surface area contributed by atoms with Crippen molar-refractivity contribution in [2.45, 2.75) is 25.2 Å². The monoisotopic (exact) mass is 359 g/mol. The average Bonchev–Trinajstić information content (AvgIpc) is 3.02. The zero-order valence-electron chi connectivity index (χ0n) is 14.3. The van der Waals surface area contributed by atoms with Gasteiger partial charge in [-0.2, -0.15) is 0 Å². The summed E-state index contributed by atoms with van der Waals surface area (Å²) in [5.74, 6) is -0.317. The van der Waals surface area contributed by atoms with Crippen LogP contribution in [-0.4, -0.2) is 42.1 Å². The molecule has 1 fully saturated rings. The van der Waals surface area contributed by atoms with Gasteiger partial charge in [0.05, 0.1) is 12.5 Å². The van der Waals surface area contributed by atoms with Crippen LogP contribution in [-0.2, 0) is 10.2 Å². The van der Waals surface area contributed by atoms with Crippen LogP contribution < -0.4 is 4.74 Å². The summed E-state index contributed by atoms with van der Waals surface area (Å²) in [6, 6.07) is 11.2. The van der Waals surface area contributed by atoms with E-state index in [9.17, 15) is 14.7 Å². The van der Waals surface area contributed by atoms with Crippen LogP contribution in [0.4, 0.5) is 0 Å². The fraction of sp³-hybridized carbons (Fsp3) is 0.368. The van der Waals surface area contributed by atoms with E-state index in [0.29, 0.717) is 36.6 Å². The molecular formula is C19H21NO4S. The summed E-state index contributed by atoms with van der Waals surface area (Å²) >= 11 is 1.41. The predicted octanol–water partition coefficient (Wildman–Crippen LogP) is 3.32. The Balaban J connectivity index is 1.80. The van der Waals surface area contributed by atoms with Crippen LogP contribution >= 0.6 is 11.3 Å². The molecule has 0 radical (unpaired) electrons. The number of hydrogen-bond acceptors (Lipinski definition) is 4. The molecule has 1 aromatic heterocycles. The second-order valence-electron chi connectivity index (χ2n) is 6.30. The Kier molecular flexibility index (Phi) is 4.81. The number of thiophene rings is 1. The van der Waals surface area contributed by atoms with Gasteiger partial charge < -0.3 is 14.7 Å². The third-order valence-corrected chi connectivity index (χ3v) is 5.90. The van der Waals surface area contributed by atoms with Crippen molar-refractivity contribution in [3.05, 3.63) is 51.7 Å². The summed E-state index contributed by atoms with van der Waals surface area (Å²) in [4.78, 5) is 28.2. The molecule has 0 bridgehead atoms. The molecule has 0 atom stereocenters. The zero-order valence-corrected chi connectivity index (χ0v) is 15.1. The van der Waals surface area contributed by atoms with Crippen molar-refractivity contribution in [3.8, 4) is 5.75 Å². The molecule has 0 spiro atoms. The lowest BCUT2D eigenvalue weighted by Crippen LogP contribution is -2.49. The van der Waals surface area contributed by atoms with Gasteiger partial charge in [0.25, 0.3) is 5.91 Å². The number of likely N-dealkylation sites (tertiary alicyclic amines) is 1. The number of carbonyl (C=O) groups excluding carboxylic acids is 1. The van der Waals surface area contributed by atoms with Crippen LogP contribution in [0.1, 0.15) is 33.0 Å². The standard InChI is InChI=1S/C19H21NO4S/c1-13-12-15(24-2)16(25-13)17(21)20-10-8-19(9-11-20,18(22)23)14-6-4-3-5-7-14/h3-7,12H,8-11H2,1-2H3,(H,22,23). The van der Waals surface area contributed by atoms with Crippen LogP contribution in [0.2, 0.25) is 0 Å². The number of methoxy groups -OCH3 is 1. The van der Waals surface area contributed by atoms with E-state index in [2.05, 4.69) is 0 Å².